The van der Waals surface area contributed by atoms with Crippen LogP contribution in [0.2, 0.25) is 0 Å². The molecule has 3 rings (SSSR count). The number of rotatable bonds is 5. The Bertz CT molecular complexity index is 814. The molecular weight excluding hydrogens is 298 g/mol. The van der Waals surface area contributed by atoms with Crippen molar-refractivity contribution in [3.8, 4) is 0 Å². The fraction of sp³-hybridized carbons (Fsp3) is 0.100. The van der Waals surface area contributed by atoms with Crippen LogP contribution < -0.4 is 10.6 Å². The number of carbonyl (C=O) groups is 1. The third kappa shape index (κ3) is 4.20. The Morgan fingerprint density at radius 1 is 0.917 bits per heavy atom. The van der Waals surface area contributed by atoms with Gasteiger partial charge in [0.15, 0.2) is 0 Å². The van der Waals surface area contributed by atoms with Gasteiger partial charge in [0.1, 0.15) is 5.82 Å². The van der Waals surface area contributed by atoms with Gasteiger partial charge in [0.05, 0.1) is 18.3 Å². The van der Waals surface area contributed by atoms with E-state index in [0.717, 1.165) is 22.5 Å². The van der Waals surface area contributed by atoms with Crippen molar-refractivity contribution in [2.75, 3.05) is 10.6 Å². The Balaban J connectivity index is 1.60. The molecule has 0 fully saturated rings. The lowest BCUT2D eigenvalue weighted by Gasteiger charge is -2.09. The van der Waals surface area contributed by atoms with E-state index in [1.54, 1.807) is 12.3 Å². The van der Waals surface area contributed by atoms with Gasteiger partial charge >= 0.3 is 0 Å². The van der Waals surface area contributed by atoms with Crippen LogP contribution >= 0.6 is 0 Å². The second-order valence-corrected chi connectivity index (χ2v) is 5.57. The molecule has 24 heavy (non-hydrogen) atoms. The number of para-hydroxylation sites is 1. The van der Waals surface area contributed by atoms with Gasteiger partial charge in [0, 0.05) is 5.69 Å². The van der Waals surface area contributed by atoms with Gasteiger partial charge in [-0.3, -0.25) is 4.79 Å². The van der Waals surface area contributed by atoms with E-state index in [-0.39, 0.29) is 5.91 Å². The van der Waals surface area contributed by atoms with Gasteiger partial charge in [-0.05, 0) is 42.3 Å². The maximum atomic E-state index is 12.1. The van der Waals surface area contributed by atoms with Gasteiger partial charge < -0.3 is 10.6 Å². The van der Waals surface area contributed by atoms with Crippen molar-refractivity contribution in [2.45, 2.75) is 13.3 Å². The maximum absolute atomic E-state index is 12.1. The topological polar surface area (TPSA) is 54.0 Å². The number of aryl methyl sites for hydroxylation is 1. The smallest absolute Gasteiger partial charge is 0.229 e. The van der Waals surface area contributed by atoms with Gasteiger partial charge in [0.25, 0.3) is 0 Å². The van der Waals surface area contributed by atoms with Crippen LogP contribution in [0, 0.1) is 6.92 Å². The highest BCUT2D eigenvalue weighted by Crippen LogP contribution is 2.16. The maximum Gasteiger partial charge on any atom is 0.229 e. The lowest BCUT2D eigenvalue weighted by atomic mass is 10.1. The molecule has 0 aliphatic carbocycles. The molecule has 0 radical (unpaired) electrons. The highest BCUT2D eigenvalue weighted by atomic mass is 16.1. The zero-order chi connectivity index (χ0) is 16.8. The summed E-state index contributed by atoms with van der Waals surface area (Å²) in [5.41, 5.74) is 4.01. The van der Waals surface area contributed by atoms with E-state index in [1.165, 1.54) is 0 Å². The minimum absolute atomic E-state index is 0.0689. The first-order chi connectivity index (χ1) is 11.7. The first-order valence-electron chi connectivity index (χ1n) is 7.83. The lowest BCUT2D eigenvalue weighted by Crippen LogP contribution is -2.15. The molecule has 4 nitrogen and oxygen atoms in total. The second-order valence-electron chi connectivity index (χ2n) is 5.57. The van der Waals surface area contributed by atoms with Crippen molar-refractivity contribution in [3.63, 3.8) is 0 Å². The molecule has 0 saturated heterocycles. The van der Waals surface area contributed by atoms with E-state index >= 15 is 0 Å². The number of amides is 1. The summed E-state index contributed by atoms with van der Waals surface area (Å²) in [4.78, 5) is 16.4. The van der Waals surface area contributed by atoms with Crippen molar-refractivity contribution >= 4 is 23.1 Å². The number of anilines is 3. The molecule has 3 aromatic rings. The molecule has 4 heteroatoms. The molecule has 1 heterocycles. The van der Waals surface area contributed by atoms with Crippen molar-refractivity contribution < 1.29 is 4.79 Å². The summed E-state index contributed by atoms with van der Waals surface area (Å²) in [6, 6.07) is 21.4. The monoisotopic (exact) mass is 317 g/mol. The number of carbonyl (C=O) groups excluding carboxylic acids is 1. The molecule has 1 aromatic heterocycles. The molecular formula is C20H19N3O. The summed E-state index contributed by atoms with van der Waals surface area (Å²) in [5.74, 6) is 0.479. The number of aromatic nitrogens is 1. The molecule has 2 N–H and O–H groups in total. The average Bonchev–Trinajstić information content (AvgIpc) is 2.60. The third-order valence-corrected chi connectivity index (χ3v) is 3.71. The first-order valence-corrected chi connectivity index (χ1v) is 7.83. The van der Waals surface area contributed by atoms with E-state index in [2.05, 4.69) is 15.6 Å². The molecule has 120 valence electrons. The molecule has 1 amide bonds. The summed E-state index contributed by atoms with van der Waals surface area (Å²) in [7, 11) is 0. The molecule has 0 saturated carbocycles. The van der Waals surface area contributed by atoms with Gasteiger partial charge in [-0.2, -0.15) is 0 Å². The van der Waals surface area contributed by atoms with Gasteiger partial charge in [-0.1, -0.05) is 42.5 Å². The Morgan fingerprint density at radius 3 is 2.38 bits per heavy atom. The standard InChI is InChI=1S/C20H19N3O/c1-15-7-5-6-8-16(15)13-20(24)23-19-12-11-18(14-21-19)22-17-9-3-2-4-10-17/h2-12,14,22H,13H2,1H3,(H,21,23,24). The fourth-order valence-corrected chi connectivity index (χ4v) is 2.40. The molecule has 0 spiro atoms. The van der Waals surface area contributed by atoms with Crippen LogP contribution in [0.5, 0.6) is 0 Å². The number of hydrogen-bond donors (Lipinski definition) is 2. The van der Waals surface area contributed by atoms with E-state index in [4.69, 9.17) is 0 Å². The summed E-state index contributed by atoms with van der Waals surface area (Å²) >= 11 is 0. The number of hydrogen-bond acceptors (Lipinski definition) is 3. The van der Waals surface area contributed by atoms with Crippen molar-refractivity contribution in [2.24, 2.45) is 0 Å². The van der Waals surface area contributed by atoms with Crippen molar-refractivity contribution in [3.05, 3.63) is 84.1 Å². The Kier molecular flexibility index (Phi) is 4.87. The van der Waals surface area contributed by atoms with Crippen molar-refractivity contribution in [1.82, 2.24) is 4.98 Å². The van der Waals surface area contributed by atoms with Gasteiger partial charge in [0.2, 0.25) is 5.91 Å². The van der Waals surface area contributed by atoms with E-state index < -0.39 is 0 Å². The van der Waals surface area contributed by atoms with Crippen LogP contribution in [0.3, 0.4) is 0 Å². The molecule has 0 aliphatic rings. The minimum atomic E-state index is -0.0689. The molecule has 0 unspecified atom stereocenters. The summed E-state index contributed by atoms with van der Waals surface area (Å²) in [6.07, 6.45) is 2.05. The predicted octanol–water partition coefficient (Wildman–Crippen LogP) is 4.31. The SMILES string of the molecule is Cc1ccccc1CC(=O)Nc1ccc(Nc2ccccc2)cn1. The van der Waals surface area contributed by atoms with Gasteiger partial charge in [-0.15, -0.1) is 0 Å². The van der Waals surface area contributed by atoms with Crippen LogP contribution in [0.15, 0.2) is 72.9 Å². The normalized spacial score (nSPS) is 10.2. The summed E-state index contributed by atoms with van der Waals surface area (Å²) in [5, 5.41) is 6.09. The molecule has 0 atom stereocenters. The van der Waals surface area contributed by atoms with E-state index in [0.29, 0.717) is 12.2 Å². The van der Waals surface area contributed by atoms with Crippen LogP contribution in [0.25, 0.3) is 0 Å². The predicted molar refractivity (Wildman–Crippen MR) is 97.5 cm³/mol. The Morgan fingerprint density at radius 2 is 1.67 bits per heavy atom. The zero-order valence-corrected chi connectivity index (χ0v) is 13.5. The van der Waals surface area contributed by atoms with Crippen LogP contribution in [0.4, 0.5) is 17.2 Å². The lowest BCUT2D eigenvalue weighted by molar-refractivity contribution is -0.115. The number of nitrogens with zero attached hydrogens (tertiary/aromatic N) is 1. The summed E-state index contributed by atoms with van der Waals surface area (Å²) in [6.45, 7) is 2.00. The quantitative estimate of drug-likeness (QED) is 0.737. The Labute approximate surface area is 141 Å². The minimum Gasteiger partial charge on any atom is -0.354 e. The Hall–Kier alpha value is -3.14. The number of pyridine rings is 1. The van der Waals surface area contributed by atoms with Crippen LogP contribution in [-0.2, 0) is 11.2 Å². The third-order valence-electron chi connectivity index (χ3n) is 3.71. The summed E-state index contributed by atoms with van der Waals surface area (Å²) < 4.78 is 0. The van der Waals surface area contributed by atoms with E-state index in [9.17, 15) is 4.79 Å². The van der Waals surface area contributed by atoms with Gasteiger partial charge in [-0.25, -0.2) is 4.98 Å². The molecule has 0 bridgehead atoms. The number of benzene rings is 2. The van der Waals surface area contributed by atoms with E-state index in [1.807, 2.05) is 67.6 Å². The van der Waals surface area contributed by atoms with Crippen LogP contribution in [-0.4, -0.2) is 10.9 Å². The molecule has 2 aromatic carbocycles. The number of nitrogens with one attached hydrogen (secondary N) is 2. The zero-order valence-electron chi connectivity index (χ0n) is 13.5. The molecule has 0 aliphatic heterocycles. The highest BCUT2D eigenvalue weighted by molar-refractivity contribution is 5.91. The average molecular weight is 317 g/mol. The fourth-order valence-electron chi connectivity index (χ4n) is 2.40. The highest BCUT2D eigenvalue weighted by Gasteiger charge is 2.06. The van der Waals surface area contributed by atoms with Crippen molar-refractivity contribution in [1.29, 1.82) is 0 Å². The second kappa shape index (κ2) is 7.42. The largest absolute Gasteiger partial charge is 0.354 e. The first kappa shape index (κ1) is 15.7. The van der Waals surface area contributed by atoms with Crippen LogP contribution in [0.1, 0.15) is 11.1 Å².